The monoisotopic (exact) mass is 686 g/mol. The maximum Gasteiger partial charge on any atom is 0.326 e. The summed E-state index contributed by atoms with van der Waals surface area (Å²) in [6.07, 6.45) is -2.96. The van der Waals surface area contributed by atoms with Crippen LogP contribution in [0.25, 0.3) is 0 Å². The first-order valence-corrected chi connectivity index (χ1v) is 14.8. The van der Waals surface area contributed by atoms with Crippen LogP contribution in [0.15, 0.2) is 0 Å². The van der Waals surface area contributed by atoms with E-state index in [1.54, 1.807) is 13.8 Å². The Morgan fingerprint density at radius 2 is 0.833 bits per heavy atom. The molecule has 0 unspecified atom stereocenters. The quantitative estimate of drug-likeness (QED) is 0.0479. The first kappa shape index (κ1) is 42.7. The van der Waals surface area contributed by atoms with Gasteiger partial charge >= 0.3 is 5.97 Å². The zero-order valence-electron chi connectivity index (χ0n) is 26.9. The van der Waals surface area contributed by atoms with Crippen molar-refractivity contribution in [3.05, 3.63) is 0 Å². The Bertz CT molecular complexity index is 1240. The van der Waals surface area contributed by atoms with Crippen molar-refractivity contribution in [2.75, 3.05) is 0 Å². The molecule has 6 atom stereocenters. The summed E-state index contributed by atoms with van der Waals surface area (Å²) in [5.74, 6) is -10.2. The number of carbonyl (C=O) groups is 10. The number of amides is 9. The number of nitrogens with one attached hydrogen (secondary N) is 5. The van der Waals surface area contributed by atoms with Crippen LogP contribution in [0.3, 0.4) is 0 Å². The first-order chi connectivity index (χ1) is 22.2. The van der Waals surface area contributed by atoms with Crippen molar-refractivity contribution in [3.63, 3.8) is 0 Å². The number of aliphatic carboxylic acids is 1. The van der Waals surface area contributed by atoms with Gasteiger partial charge in [0.2, 0.25) is 53.2 Å². The van der Waals surface area contributed by atoms with Crippen molar-refractivity contribution in [1.29, 1.82) is 0 Å². The van der Waals surface area contributed by atoms with Crippen molar-refractivity contribution in [2.24, 2.45) is 34.6 Å². The molecule has 0 aliphatic rings. The van der Waals surface area contributed by atoms with Crippen LogP contribution in [-0.4, -0.2) is 100 Å². The zero-order chi connectivity index (χ0) is 37.3. The van der Waals surface area contributed by atoms with E-state index in [0.717, 1.165) is 0 Å². The summed E-state index contributed by atoms with van der Waals surface area (Å²) in [4.78, 5) is 121. The van der Waals surface area contributed by atoms with E-state index in [2.05, 4.69) is 21.3 Å². The summed E-state index contributed by atoms with van der Waals surface area (Å²) in [7, 11) is 0. The van der Waals surface area contributed by atoms with Crippen LogP contribution in [-0.2, 0) is 47.9 Å². The van der Waals surface area contributed by atoms with Gasteiger partial charge in [0.15, 0.2) is 0 Å². The summed E-state index contributed by atoms with van der Waals surface area (Å²) in [5, 5.41) is 20.6. The van der Waals surface area contributed by atoms with Crippen LogP contribution in [0, 0.1) is 5.92 Å². The highest BCUT2D eigenvalue weighted by Crippen LogP contribution is 2.06. The fourth-order valence-electron chi connectivity index (χ4n) is 3.86. The van der Waals surface area contributed by atoms with Crippen LogP contribution in [0.1, 0.15) is 65.7 Å². The molecule has 0 fully saturated rings. The minimum absolute atomic E-state index is 0.266. The van der Waals surface area contributed by atoms with Crippen molar-refractivity contribution in [3.8, 4) is 0 Å². The smallest absolute Gasteiger partial charge is 0.326 e. The number of carbonyl (C=O) groups excluding carboxylic acids is 9. The average Bonchev–Trinajstić information content (AvgIpc) is 2.97. The van der Waals surface area contributed by atoms with E-state index >= 15 is 0 Å². The third-order valence-electron chi connectivity index (χ3n) is 6.73. The highest BCUT2D eigenvalue weighted by molar-refractivity contribution is 5.97. The van der Waals surface area contributed by atoms with E-state index in [9.17, 15) is 53.1 Å². The molecular formula is C27H46N10O11. The number of rotatable bonds is 23. The van der Waals surface area contributed by atoms with E-state index in [-0.39, 0.29) is 25.2 Å². The predicted octanol–water partition coefficient (Wildman–Crippen LogP) is -5.83. The number of hydrogen-bond acceptors (Lipinski definition) is 11. The van der Waals surface area contributed by atoms with Gasteiger partial charge in [0.25, 0.3) is 0 Å². The topological polar surface area (TPSA) is 381 Å². The lowest BCUT2D eigenvalue weighted by molar-refractivity contribution is -0.144. The second kappa shape index (κ2) is 20.7. The molecule has 0 heterocycles. The Kier molecular flexibility index (Phi) is 18.4. The first-order valence-electron chi connectivity index (χ1n) is 14.8. The number of carboxylic acids is 1. The minimum Gasteiger partial charge on any atom is -0.480 e. The third-order valence-corrected chi connectivity index (χ3v) is 6.73. The number of primary amides is 4. The molecule has 0 aliphatic carbocycles. The molecule has 21 nitrogen and oxygen atoms in total. The molecular weight excluding hydrogens is 640 g/mol. The summed E-state index contributed by atoms with van der Waals surface area (Å²) in [5.41, 5.74) is 26.4. The fraction of sp³-hybridized carbons (Fsp3) is 0.630. The van der Waals surface area contributed by atoms with Gasteiger partial charge in [-0.05, 0) is 32.1 Å². The van der Waals surface area contributed by atoms with Crippen LogP contribution >= 0.6 is 0 Å². The van der Waals surface area contributed by atoms with E-state index in [4.69, 9.17) is 28.7 Å². The lowest BCUT2D eigenvalue weighted by atomic mass is 10.0. The molecule has 0 radical (unpaired) electrons. The van der Waals surface area contributed by atoms with Crippen molar-refractivity contribution < 1.29 is 53.1 Å². The Hall–Kier alpha value is -5.34. The number of nitrogens with two attached hydrogens (primary N) is 5. The van der Waals surface area contributed by atoms with E-state index < -0.39 is 121 Å². The second-order valence-electron chi connectivity index (χ2n) is 11.3. The standard InChI is InChI=1S/C27H46N10O11/c1-11(2)21(32)26(46)36-15(6-9-19(30)40)24(44)35-13(4-7-17(28)38)23(43)33-12(3)22(42)34-14(5-8-18(29)39)25(45)37-16(27(47)48)10-20(31)41/h11-16,21H,4-10,32H2,1-3H3,(H2,28,38)(H2,29,39)(H2,30,40)(H2,31,41)(H,33,43)(H,34,42)(H,35,44)(H,36,46)(H,37,45)(H,47,48)/t12-,13-,14-,15-,16-,21-/m0/s1. The lowest BCUT2D eigenvalue weighted by Crippen LogP contribution is -2.59. The maximum absolute atomic E-state index is 13.2. The average molecular weight is 687 g/mol. The van der Waals surface area contributed by atoms with E-state index in [1.807, 2.05) is 5.32 Å². The normalized spacial score (nSPS) is 14.5. The summed E-state index contributed by atoms with van der Waals surface area (Å²) >= 11 is 0. The number of carboxylic acid groups (broad SMARTS) is 1. The molecule has 0 bridgehead atoms. The van der Waals surface area contributed by atoms with Crippen molar-refractivity contribution >= 4 is 59.1 Å². The van der Waals surface area contributed by atoms with Crippen LogP contribution in [0.2, 0.25) is 0 Å². The number of hydrogen-bond donors (Lipinski definition) is 11. The summed E-state index contributed by atoms with van der Waals surface area (Å²) in [6.45, 7) is 4.50. The van der Waals surface area contributed by atoms with Gasteiger partial charge in [-0.3, -0.25) is 43.2 Å². The minimum atomic E-state index is -1.76. The largest absolute Gasteiger partial charge is 0.480 e. The Morgan fingerprint density at radius 1 is 0.500 bits per heavy atom. The molecule has 0 aromatic heterocycles. The molecule has 0 saturated heterocycles. The van der Waals surface area contributed by atoms with Gasteiger partial charge in [0, 0.05) is 19.3 Å². The molecule has 9 amide bonds. The van der Waals surface area contributed by atoms with Crippen molar-refractivity contribution in [2.45, 2.75) is 102 Å². The lowest BCUT2D eigenvalue weighted by Gasteiger charge is -2.26. The van der Waals surface area contributed by atoms with Gasteiger partial charge in [0.05, 0.1) is 12.5 Å². The van der Waals surface area contributed by atoms with Crippen LogP contribution in [0.4, 0.5) is 0 Å². The molecule has 0 rings (SSSR count). The highest BCUT2D eigenvalue weighted by Gasteiger charge is 2.32. The van der Waals surface area contributed by atoms with Gasteiger partial charge in [-0.15, -0.1) is 0 Å². The van der Waals surface area contributed by atoms with E-state index in [1.165, 1.54) is 6.92 Å². The Morgan fingerprint density at radius 3 is 1.17 bits per heavy atom. The SMILES string of the molecule is CC(C)[C@H](N)C(=O)N[C@@H](CCC(N)=O)C(=O)N[C@@H](CCC(N)=O)C(=O)N[C@@H](C)C(=O)N[C@@H](CCC(N)=O)C(=O)N[C@@H](CC(N)=O)C(=O)O. The molecule has 270 valence electrons. The zero-order valence-corrected chi connectivity index (χ0v) is 26.9. The maximum atomic E-state index is 13.2. The van der Waals surface area contributed by atoms with Gasteiger partial charge in [0.1, 0.15) is 30.2 Å². The van der Waals surface area contributed by atoms with Gasteiger partial charge in [-0.25, -0.2) is 4.79 Å². The summed E-state index contributed by atoms with van der Waals surface area (Å²) in [6, 6.07) is -8.67. The molecule has 0 aromatic rings. The van der Waals surface area contributed by atoms with Gasteiger partial charge in [-0.1, -0.05) is 13.8 Å². The summed E-state index contributed by atoms with van der Waals surface area (Å²) < 4.78 is 0. The highest BCUT2D eigenvalue weighted by atomic mass is 16.4. The van der Waals surface area contributed by atoms with Crippen LogP contribution in [0.5, 0.6) is 0 Å². The molecule has 16 N–H and O–H groups in total. The predicted molar refractivity (Wildman–Crippen MR) is 165 cm³/mol. The fourth-order valence-corrected chi connectivity index (χ4v) is 3.86. The molecule has 0 aliphatic heterocycles. The van der Waals surface area contributed by atoms with Gasteiger partial charge < -0.3 is 60.4 Å². The van der Waals surface area contributed by atoms with Crippen LogP contribution < -0.4 is 55.3 Å². The molecule has 21 heteroatoms. The molecule has 0 saturated carbocycles. The van der Waals surface area contributed by atoms with E-state index in [0.29, 0.717) is 0 Å². The molecule has 0 aromatic carbocycles. The Balaban J connectivity index is 5.93. The van der Waals surface area contributed by atoms with Gasteiger partial charge in [-0.2, -0.15) is 0 Å². The second-order valence-corrected chi connectivity index (χ2v) is 11.3. The third kappa shape index (κ3) is 16.8. The molecule has 48 heavy (non-hydrogen) atoms. The van der Waals surface area contributed by atoms with Crippen molar-refractivity contribution in [1.82, 2.24) is 26.6 Å². The Labute approximate surface area is 275 Å². The molecule has 0 spiro atoms.